The minimum Gasteiger partial charge on any atom is -0.385 e. The molecular formula is C9H15N3O. The Kier molecular flexibility index (Phi) is 3.15. The number of hydrogen-bond acceptors (Lipinski definition) is 4. The minimum absolute atomic E-state index is 0.175. The van der Waals surface area contributed by atoms with Gasteiger partial charge in [-0.3, -0.25) is 0 Å². The first kappa shape index (κ1) is 9.87. The van der Waals surface area contributed by atoms with Crippen molar-refractivity contribution in [1.29, 1.82) is 5.26 Å². The zero-order valence-electron chi connectivity index (χ0n) is 8.03. The third-order valence-electron chi connectivity index (χ3n) is 2.00. The average molecular weight is 181 g/mol. The number of nitriles is 1. The first-order chi connectivity index (χ1) is 6.13. The van der Waals surface area contributed by atoms with E-state index in [4.69, 9.17) is 15.7 Å². The Morgan fingerprint density at radius 2 is 2.08 bits per heavy atom. The molecule has 1 heterocycles. The van der Waals surface area contributed by atoms with Gasteiger partial charge in [-0.1, -0.05) is 0 Å². The highest BCUT2D eigenvalue weighted by Gasteiger charge is 2.22. The lowest BCUT2D eigenvalue weighted by atomic mass is 10.2. The zero-order valence-corrected chi connectivity index (χ0v) is 8.03. The molecule has 2 unspecified atom stereocenters. The van der Waals surface area contributed by atoms with Crippen molar-refractivity contribution in [2.75, 3.05) is 13.1 Å². The van der Waals surface area contributed by atoms with Crippen molar-refractivity contribution in [1.82, 2.24) is 4.90 Å². The van der Waals surface area contributed by atoms with Crippen molar-refractivity contribution >= 4 is 0 Å². The fraction of sp³-hybridized carbons (Fsp3) is 0.667. The van der Waals surface area contributed by atoms with Gasteiger partial charge in [0.05, 0.1) is 24.4 Å². The van der Waals surface area contributed by atoms with Crippen LogP contribution in [0, 0.1) is 11.3 Å². The van der Waals surface area contributed by atoms with Gasteiger partial charge < -0.3 is 15.4 Å². The second-order valence-corrected chi connectivity index (χ2v) is 3.36. The molecule has 1 rings (SSSR count). The number of ether oxygens (including phenoxy) is 1. The van der Waals surface area contributed by atoms with Crippen molar-refractivity contribution in [2.45, 2.75) is 26.1 Å². The van der Waals surface area contributed by atoms with Gasteiger partial charge in [-0.05, 0) is 13.8 Å². The summed E-state index contributed by atoms with van der Waals surface area (Å²) in [5.41, 5.74) is 5.69. The Morgan fingerprint density at radius 1 is 1.54 bits per heavy atom. The molecule has 1 aliphatic heterocycles. The monoisotopic (exact) mass is 181 g/mol. The molecule has 4 heteroatoms. The van der Waals surface area contributed by atoms with E-state index in [1.807, 2.05) is 24.8 Å². The lowest BCUT2D eigenvalue weighted by molar-refractivity contribution is -0.0581. The molecular weight excluding hydrogens is 166 g/mol. The Labute approximate surface area is 78.6 Å². The summed E-state index contributed by atoms with van der Waals surface area (Å²) in [6, 6.07) is 1.92. The van der Waals surface area contributed by atoms with Gasteiger partial charge in [0.2, 0.25) is 0 Å². The van der Waals surface area contributed by atoms with Crippen LogP contribution in [0.25, 0.3) is 0 Å². The predicted octanol–water partition coefficient (Wildman–Crippen LogP) is 0.419. The van der Waals surface area contributed by atoms with E-state index in [2.05, 4.69) is 0 Å². The molecule has 2 atom stereocenters. The summed E-state index contributed by atoms with van der Waals surface area (Å²) in [5.74, 6) is 0.532. The third-order valence-corrected chi connectivity index (χ3v) is 2.00. The van der Waals surface area contributed by atoms with Gasteiger partial charge in [-0.2, -0.15) is 5.26 Å². The van der Waals surface area contributed by atoms with E-state index >= 15 is 0 Å². The van der Waals surface area contributed by atoms with Gasteiger partial charge in [-0.15, -0.1) is 0 Å². The summed E-state index contributed by atoms with van der Waals surface area (Å²) in [4.78, 5) is 1.97. The molecule has 72 valence electrons. The fourth-order valence-corrected chi connectivity index (χ4v) is 1.55. The number of allylic oxidation sites excluding steroid dienone is 1. The molecule has 1 fully saturated rings. The van der Waals surface area contributed by atoms with Crippen LogP contribution in [0.2, 0.25) is 0 Å². The van der Waals surface area contributed by atoms with Crippen LogP contribution in [0.15, 0.2) is 11.9 Å². The van der Waals surface area contributed by atoms with E-state index in [-0.39, 0.29) is 12.2 Å². The molecule has 0 aliphatic carbocycles. The number of rotatable bonds is 1. The Balaban J connectivity index is 2.61. The van der Waals surface area contributed by atoms with Crippen LogP contribution in [0.5, 0.6) is 0 Å². The van der Waals surface area contributed by atoms with Crippen LogP contribution in [-0.4, -0.2) is 30.2 Å². The summed E-state index contributed by atoms with van der Waals surface area (Å²) in [6.07, 6.45) is 1.72. The Morgan fingerprint density at radius 3 is 2.54 bits per heavy atom. The summed E-state index contributed by atoms with van der Waals surface area (Å²) < 4.78 is 5.54. The number of hydrogen-bond donors (Lipinski definition) is 1. The molecule has 13 heavy (non-hydrogen) atoms. The molecule has 0 amide bonds. The Bertz CT molecular complexity index is 234. The van der Waals surface area contributed by atoms with Gasteiger partial charge in [0.1, 0.15) is 5.82 Å². The van der Waals surface area contributed by atoms with Crippen molar-refractivity contribution < 1.29 is 4.74 Å². The topological polar surface area (TPSA) is 62.3 Å². The number of nitrogens with zero attached hydrogens (tertiary/aromatic N) is 2. The molecule has 0 bridgehead atoms. The van der Waals surface area contributed by atoms with Gasteiger partial charge in [-0.25, -0.2) is 0 Å². The first-order valence-electron chi connectivity index (χ1n) is 4.39. The lowest BCUT2D eigenvalue weighted by Gasteiger charge is -2.36. The van der Waals surface area contributed by atoms with Gasteiger partial charge in [0.25, 0.3) is 0 Å². The van der Waals surface area contributed by atoms with E-state index in [0.717, 1.165) is 13.1 Å². The van der Waals surface area contributed by atoms with Crippen LogP contribution >= 0.6 is 0 Å². The highest BCUT2D eigenvalue weighted by Crippen LogP contribution is 2.12. The molecule has 1 aliphatic rings. The van der Waals surface area contributed by atoms with Crippen LogP contribution in [-0.2, 0) is 4.74 Å². The molecule has 0 radical (unpaired) electrons. The standard InChI is InChI=1S/C9H15N3O/c1-7-5-12(6-8(2)13-7)9(11)3-4-10/h3,7-8H,5-6,11H2,1-2H3. The van der Waals surface area contributed by atoms with Crippen LogP contribution in [0.1, 0.15) is 13.8 Å². The summed E-state index contributed by atoms with van der Waals surface area (Å²) >= 11 is 0. The fourth-order valence-electron chi connectivity index (χ4n) is 1.55. The van der Waals surface area contributed by atoms with Crippen LogP contribution in [0.3, 0.4) is 0 Å². The zero-order chi connectivity index (χ0) is 9.84. The van der Waals surface area contributed by atoms with E-state index in [9.17, 15) is 0 Å². The highest BCUT2D eigenvalue weighted by molar-refractivity contribution is 5.10. The second-order valence-electron chi connectivity index (χ2n) is 3.36. The van der Waals surface area contributed by atoms with Crippen molar-refractivity contribution in [3.05, 3.63) is 11.9 Å². The second kappa shape index (κ2) is 4.15. The first-order valence-corrected chi connectivity index (χ1v) is 4.39. The number of nitrogens with two attached hydrogens (primary N) is 1. The summed E-state index contributed by atoms with van der Waals surface area (Å²) in [7, 11) is 0. The van der Waals surface area contributed by atoms with Crippen LogP contribution < -0.4 is 5.73 Å². The molecule has 0 spiro atoms. The quantitative estimate of drug-likeness (QED) is 0.595. The minimum atomic E-state index is 0.175. The normalized spacial score (nSPS) is 29.9. The maximum atomic E-state index is 8.43. The molecule has 0 aromatic heterocycles. The van der Waals surface area contributed by atoms with Gasteiger partial charge in [0, 0.05) is 13.1 Å². The van der Waals surface area contributed by atoms with E-state index in [1.165, 1.54) is 6.08 Å². The summed E-state index contributed by atoms with van der Waals surface area (Å²) in [5, 5.41) is 8.43. The molecule has 4 nitrogen and oxygen atoms in total. The van der Waals surface area contributed by atoms with Crippen molar-refractivity contribution in [3.63, 3.8) is 0 Å². The predicted molar refractivity (Wildman–Crippen MR) is 49.5 cm³/mol. The van der Waals surface area contributed by atoms with Gasteiger partial charge in [0.15, 0.2) is 0 Å². The maximum absolute atomic E-state index is 8.43. The molecule has 2 N–H and O–H groups in total. The SMILES string of the molecule is CC1CN(C(N)=CC#N)CC(C)O1. The Hall–Kier alpha value is -1.21. The van der Waals surface area contributed by atoms with E-state index < -0.39 is 0 Å². The number of morpholine rings is 1. The molecule has 1 saturated heterocycles. The van der Waals surface area contributed by atoms with E-state index in [1.54, 1.807) is 0 Å². The van der Waals surface area contributed by atoms with Crippen molar-refractivity contribution in [2.24, 2.45) is 5.73 Å². The summed E-state index contributed by atoms with van der Waals surface area (Å²) in [6.45, 7) is 5.52. The largest absolute Gasteiger partial charge is 0.385 e. The highest BCUT2D eigenvalue weighted by atomic mass is 16.5. The van der Waals surface area contributed by atoms with Crippen LogP contribution in [0.4, 0.5) is 0 Å². The van der Waals surface area contributed by atoms with Gasteiger partial charge >= 0.3 is 0 Å². The lowest BCUT2D eigenvalue weighted by Crippen LogP contribution is -2.46. The van der Waals surface area contributed by atoms with Crippen molar-refractivity contribution in [3.8, 4) is 6.07 Å². The average Bonchev–Trinajstić information content (AvgIpc) is 2.03. The molecule has 0 aromatic rings. The molecule has 0 aromatic carbocycles. The third kappa shape index (κ3) is 2.63. The van der Waals surface area contributed by atoms with E-state index in [0.29, 0.717) is 5.82 Å². The smallest absolute Gasteiger partial charge is 0.110 e. The molecule has 0 saturated carbocycles. The maximum Gasteiger partial charge on any atom is 0.110 e.